The molecular weight excluding hydrogens is 371 g/mol. The van der Waals surface area contributed by atoms with E-state index in [0.717, 1.165) is 23.3 Å². The molecule has 28 heavy (non-hydrogen) atoms. The maximum Gasteiger partial charge on any atom is 0.341 e. The van der Waals surface area contributed by atoms with Crippen molar-refractivity contribution in [1.29, 1.82) is 0 Å². The summed E-state index contributed by atoms with van der Waals surface area (Å²) in [6, 6.07) is 15.7. The first kappa shape index (κ1) is 19.3. The van der Waals surface area contributed by atoms with Gasteiger partial charge >= 0.3 is 5.97 Å². The second-order valence-corrected chi connectivity index (χ2v) is 5.94. The Hall–Kier alpha value is -3.48. The summed E-state index contributed by atoms with van der Waals surface area (Å²) in [5.41, 5.74) is 1.34. The maximum atomic E-state index is 14.4. The Morgan fingerprint density at radius 3 is 2.36 bits per heavy atom. The van der Waals surface area contributed by atoms with Crippen molar-refractivity contribution in [1.82, 2.24) is 0 Å². The van der Waals surface area contributed by atoms with Crippen LogP contribution in [-0.2, 0) is 11.3 Å². The van der Waals surface area contributed by atoms with E-state index < -0.39 is 41.5 Å². The van der Waals surface area contributed by atoms with Crippen LogP contribution >= 0.6 is 0 Å². The number of carbonyl (C=O) groups is 1. The van der Waals surface area contributed by atoms with Crippen molar-refractivity contribution in [2.45, 2.75) is 6.54 Å². The lowest BCUT2D eigenvalue weighted by Gasteiger charge is -2.13. The summed E-state index contributed by atoms with van der Waals surface area (Å²) in [7, 11) is 0. The Kier molecular flexibility index (Phi) is 5.84. The van der Waals surface area contributed by atoms with Crippen molar-refractivity contribution in [3.8, 4) is 16.9 Å². The molecule has 0 bridgehead atoms. The number of anilines is 1. The fraction of sp³-hybridized carbons (Fsp3) is 0.0952. The first-order chi connectivity index (χ1) is 13.5. The zero-order valence-electron chi connectivity index (χ0n) is 14.6. The number of ether oxygens (including phenoxy) is 1. The molecule has 0 radical (unpaired) electrons. The predicted molar refractivity (Wildman–Crippen MR) is 98.7 cm³/mol. The minimum Gasteiger partial charge on any atom is -0.479 e. The summed E-state index contributed by atoms with van der Waals surface area (Å²) in [5, 5.41) is 11.1. The van der Waals surface area contributed by atoms with E-state index in [1.54, 1.807) is 12.1 Å². The van der Waals surface area contributed by atoms with Crippen LogP contribution in [0, 0.1) is 17.5 Å². The molecule has 0 aliphatic heterocycles. The Balaban J connectivity index is 1.82. The highest BCUT2D eigenvalue weighted by Gasteiger charge is 2.16. The maximum absolute atomic E-state index is 14.4. The lowest BCUT2D eigenvalue weighted by molar-refractivity contribution is -0.139. The first-order valence-corrected chi connectivity index (χ1v) is 8.36. The van der Waals surface area contributed by atoms with Gasteiger partial charge in [0.25, 0.3) is 0 Å². The molecule has 0 spiro atoms. The predicted octanol–water partition coefficient (Wildman–Crippen LogP) is 4.85. The highest BCUT2D eigenvalue weighted by Crippen LogP contribution is 2.29. The Bertz CT molecular complexity index is 994. The molecule has 3 rings (SSSR count). The summed E-state index contributed by atoms with van der Waals surface area (Å²) in [5.74, 6) is -4.21. The van der Waals surface area contributed by atoms with Gasteiger partial charge in [-0.15, -0.1) is 0 Å². The molecule has 0 saturated heterocycles. The van der Waals surface area contributed by atoms with E-state index in [1.807, 2.05) is 30.3 Å². The van der Waals surface area contributed by atoms with E-state index in [4.69, 9.17) is 9.84 Å². The quantitative estimate of drug-likeness (QED) is 0.609. The fourth-order valence-electron chi connectivity index (χ4n) is 2.65. The molecule has 144 valence electrons. The Morgan fingerprint density at radius 2 is 1.64 bits per heavy atom. The molecule has 2 N–H and O–H groups in total. The van der Waals surface area contributed by atoms with E-state index in [1.165, 1.54) is 6.07 Å². The largest absolute Gasteiger partial charge is 0.479 e. The molecule has 0 saturated carbocycles. The third-order valence-corrected chi connectivity index (χ3v) is 4.02. The summed E-state index contributed by atoms with van der Waals surface area (Å²) >= 11 is 0. The molecule has 3 aromatic carbocycles. The number of carboxylic acid groups (broad SMARTS) is 1. The summed E-state index contributed by atoms with van der Waals surface area (Å²) in [6.07, 6.45) is 0. The molecule has 4 nitrogen and oxygen atoms in total. The zero-order chi connectivity index (χ0) is 20.1. The number of benzene rings is 3. The highest BCUT2D eigenvalue weighted by molar-refractivity contribution is 5.68. The number of hydrogen-bond acceptors (Lipinski definition) is 3. The van der Waals surface area contributed by atoms with Gasteiger partial charge < -0.3 is 15.2 Å². The average molecular weight is 387 g/mol. The van der Waals surface area contributed by atoms with Gasteiger partial charge in [-0.2, -0.15) is 0 Å². The van der Waals surface area contributed by atoms with Crippen molar-refractivity contribution in [2.75, 3.05) is 11.9 Å². The van der Waals surface area contributed by atoms with Crippen molar-refractivity contribution in [3.63, 3.8) is 0 Å². The number of nitrogens with one attached hydrogen (secondary N) is 1. The molecule has 0 fully saturated rings. The third-order valence-electron chi connectivity index (χ3n) is 4.02. The van der Waals surface area contributed by atoms with E-state index in [0.29, 0.717) is 0 Å². The molecule has 0 aliphatic carbocycles. The second-order valence-electron chi connectivity index (χ2n) is 5.94. The van der Waals surface area contributed by atoms with Crippen LogP contribution in [-0.4, -0.2) is 17.7 Å². The number of aliphatic carboxylic acids is 1. The van der Waals surface area contributed by atoms with E-state index >= 15 is 0 Å². The topological polar surface area (TPSA) is 58.6 Å². The van der Waals surface area contributed by atoms with Gasteiger partial charge in [-0.25, -0.2) is 18.0 Å². The third kappa shape index (κ3) is 4.43. The minimum absolute atomic E-state index is 0.178. The molecule has 0 heterocycles. The number of carboxylic acids is 1. The van der Waals surface area contributed by atoms with Gasteiger partial charge in [-0.1, -0.05) is 36.4 Å². The van der Waals surface area contributed by atoms with Crippen LogP contribution in [0.25, 0.3) is 11.1 Å². The molecule has 3 aromatic rings. The standard InChI is InChI=1S/C21H16F3NO3/c22-16-7-6-14(13-4-2-1-3-5-13)10-15(16)11-25-21-17(23)8-9-18(20(21)24)28-12-19(26)27/h1-10,25H,11-12H2,(H,26,27). The summed E-state index contributed by atoms with van der Waals surface area (Å²) in [6.45, 7) is -0.946. The van der Waals surface area contributed by atoms with Crippen molar-refractivity contribution >= 4 is 11.7 Å². The highest BCUT2D eigenvalue weighted by atomic mass is 19.1. The molecule has 0 amide bonds. The van der Waals surface area contributed by atoms with Crippen LogP contribution in [0.15, 0.2) is 60.7 Å². The zero-order valence-corrected chi connectivity index (χ0v) is 14.6. The van der Waals surface area contributed by atoms with Gasteiger partial charge in [0.1, 0.15) is 17.3 Å². The van der Waals surface area contributed by atoms with Gasteiger partial charge in [0.2, 0.25) is 0 Å². The van der Waals surface area contributed by atoms with E-state index in [2.05, 4.69) is 5.32 Å². The molecule has 0 aromatic heterocycles. The van der Waals surface area contributed by atoms with Gasteiger partial charge in [0.05, 0.1) is 0 Å². The average Bonchev–Trinajstić information content (AvgIpc) is 2.69. The van der Waals surface area contributed by atoms with Gasteiger partial charge in [0, 0.05) is 12.1 Å². The molecule has 0 atom stereocenters. The van der Waals surface area contributed by atoms with Crippen LogP contribution in [0.5, 0.6) is 5.75 Å². The minimum atomic E-state index is -1.29. The van der Waals surface area contributed by atoms with E-state index in [9.17, 15) is 18.0 Å². The van der Waals surface area contributed by atoms with E-state index in [-0.39, 0.29) is 12.1 Å². The van der Waals surface area contributed by atoms with Crippen molar-refractivity contribution in [2.24, 2.45) is 0 Å². The second kappa shape index (κ2) is 8.47. The lowest BCUT2D eigenvalue weighted by atomic mass is 10.0. The van der Waals surface area contributed by atoms with Crippen LogP contribution in [0.3, 0.4) is 0 Å². The molecule has 7 heteroatoms. The number of rotatable bonds is 7. The first-order valence-electron chi connectivity index (χ1n) is 8.36. The summed E-state index contributed by atoms with van der Waals surface area (Å²) in [4.78, 5) is 10.6. The number of hydrogen-bond donors (Lipinski definition) is 2. The number of halogens is 3. The smallest absolute Gasteiger partial charge is 0.341 e. The normalized spacial score (nSPS) is 10.5. The van der Waals surface area contributed by atoms with Crippen LogP contribution < -0.4 is 10.1 Å². The monoisotopic (exact) mass is 387 g/mol. The Labute approximate surface area is 159 Å². The SMILES string of the molecule is O=C(O)COc1ccc(F)c(NCc2cc(-c3ccccc3)ccc2F)c1F. The molecule has 0 aliphatic rings. The van der Waals surface area contributed by atoms with Crippen LogP contribution in [0.4, 0.5) is 18.9 Å². The van der Waals surface area contributed by atoms with Crippen molar-refractivity contribution in [3.05, 3.63) is 83.7 Å². The molecule has 0 unspecified atom stereocenters. The van der Waals surface area contributed by atoms with Crippen LogP contribution in [0.2, 0.25) is 0 Å². The Morgan fingerprint density at radius 1 is 0.929 bits per heavy atom. The summed E-state index contributed by atoms with van der Waals surface area (Å²) < 4.78 is 47.4. The lowest BCUT2D eigenvalue weighted by Crippen LogP contribution is -2.12. The van der Waals surface area contributed by atoms with Gasteiger partial charge in [0.15, 0.2) is 18.2 Å². The van der Waals surface area contributed by atoms with Gasteiger partial charge in [-0.3, -0.25) is 0 Å². The van der Waals surface area contributed by atoms with Crippen molar-refractivity contribution < 1.29 is 27.8 Å². The fourth-order valence-corrected chi connectivity index (χ4v) is 2.65. The molecular formula is C21H16F3NO3. The van der Waals surface area contributed by atoms with Crippen LogP contribution in [0.1, 0.15) is 5.56 Å². The van der Waals surface area contributed by atoms with Gasteiger partial charge in [-0.05, 0) is 35.4 Å².